The Kier molecular flexibility index (Phi) is 6.39. The van der Waals surface area contributed by atoms with E-state index >= 15 is 0 Å². The molecule has 0 radical (unpaired) electrons. The monoisotopic (exact) mass is 400 g/mol. The Morgan fingerprint density at radius 2 is 1.62 bits per heavy atom. The molecule has 0 unspecified atom stereocenters. The van der Waals surface area contributed by atoms with Crippen LogP contribution in [-0.4, -0.2) is 12.6 Å². The molecule has 3 aromatic rings. The van der Waals surface area contributed by atoms with Crippen LogP contribution in [0.3, 0.4) is 0 Å². The number of carbonyl (C=O) groups excluding carboxylic acids is 1. The maximum absolute atomic E-state index is 12.8. The van der Waals surface area contributed by atoms with E-state index in [0.717, 1.165) is 12.1 Å². The zero-order chi connectivity index (χ0) is 20.7. The van der Waals surface area contributed by atoms with Gasteiger partial charge in [-0.1, -0.05) is 48.5 Å². The summed E-state index contributed by atoms with van der Waals surface area (Å²) in [5.74, 6) is 1.11. The Balaban J connectivity index is 1.55. The molecule has 0 saturated carbocycles. The van der Waals surface area contributed by atoms with E-state index in [-0.39, 0.29) is 13.0 Å². The first-order valence-electron chi connectivity index (χ1n) is 8.95. The van der Waals surface area contributed by atoms with E-state index in [0.29, 0.717) is 22.7 Å². The van der Waals surface area contributed by atoms with E-state index in [4.69, 9.17) is 4.74 Å². The molecule has 0 atom stereocenters. The van der Waals surface area contributed by atoms with Crippen molar-refractivity contribution in [1.82, 2.24) is 5.32 Å². The number of carbonyl (C=O) groups is 1. The van der Waals surface area contributed by atoms with Gasteiger partial charge in [-0.25, -0.2) is 4.79 Å². The van der Waals surface area contributed by atoms with Crippen molar-refractivity contribution in [3.8, 4) is 11.5 Å². The van der Waals surface area contributed by atoms with Crippen LogP contribution in [0.15, 0.2) is 78.9 Å². The highest BCUT2D eigenvalue weighted by atomic mass is 19.4. The molecule has 0 bridgehead atoms. The van der Waals surface area contributed by atoms with Gasteiger partial charge >= 0.3 is 12.2 Å². The molecule has 0 saturated heterocycles. The number of ether oxygens (including phenoxy) is 1. The van der Waals surface area contributed by atoms with Crippen molar-refractivity contribution in [2.24, 2.45) is 0 Å². The fraction of sp³-hybridized carbons (Fsp3) is 0.136. The van der Waals surface area contributed by atoms with Gasteiger partial charge in [0.15, 0.2) is 5.75 Å². The minimum atomic E-state index is -4.39. The van der Waals surface area contributed by atoms with Gasteiger partial charge in [0.2, 0.25) is 0 Å². The van der Waals surface area contributed by atoms with E-state index in [1.54, 1.807) is 42.5 Å². The maximum atomic E-state index is 12.8. The van der Waals surface area contributed by atoms with Crippen molar-refractivity contribution in [2.45, 2.75) is 12.6 Å². The average molecular weight is 400 g/mol. The largest absolute Gasteiger partial charge is 0.455 e. The van der Waals surface area contributed by atoms with Gasteiger partial charge in [0.05, 0.1) is 11.3 Å². The third-order valence-corrected chi connectivity index (χ3v) is 4.06. The number of halogens is 3. The number of alkyl halides is 3. The molecule has 29 heavy (non-hydrogen) atoms. The minimum absolute atomic E-state index is 0.189. The number of hydrogen-bond donors (Lipinski definition) is 2. The molecule has 0 aliphatic heterocycles. The van der Waals surface area contributed by atoms with Gasteiger partial charge in [0, 0.05) is 6.54 Å². The molecule has 3 aromatic carbocycles. The van der Waals surface area contributed by atoms with Crippen LogP contribution in [0, 0.1) is 0 Å². The first kappa shape index (κ1) is 20.3. The van der Waals surface area contributed by atoms with Crippen LogP contribution in [0.1, 0.15) is 11.1 Å². The van der Waals surface area contributed by atoms with E-state index in [1.807, 2.05) is 18.2 Å². The SMILES string of the molecule is O=C(NCCc1cccc(C(F)(F)F)c1)Nc1ccccc1Oc1ccccc1. The highest BCUT2D eigenvalue weighted by molar-refractivity contribution is 5.90. The normalized spacial score (nSPS) is 11.0. The lowest BCUT2D eigenvalue weighted by atomic mass is 10.1. The van der Waals surface area contributed by atoms with E-state index in [9.17, 15) is 18.0 Å². The fourth-order valence-electron chi connectivity index (χ4n) is 2.66. The van der Waals surface area contributed by atoms with Gasteiger partial charge in [0.1, 0.15) is 5.75 Å². The number of anilines is 1. The van der Waals surface area contributed by atoms with Crippen LogP contribution in [0.5, 0.6) is 11.5 Å². The van der Waals surface area contributed by atoms with Gasteiger partial charge in [0.25, 0.3) is 0 Å². The summed E-state index contributed by atoms with van der Waals surface area (Å²) in [6, 6.07) is 20.7. The van der Waals surface area contributed by atoms with Crippen LogP contribution in [-0.2, 0) is 12.6 Å². The van der Waals surface area contributed by atoms with E-state index in [1.165, 1.54) is 6.07 Å². The molecule has 2 amide bonds. The zero-order valence-electron chi connectivity index (χ0n) is 15.4. The molecular formula is C22H19F3N2O2. The van der Waals surface area contributed by atoms with Crippen molar-refractivity contribution < 1.29 is 22.7 Å². The second-order valence-corrected chi connectivity index (χ2v) is 6.24. The van der Waals surface area contributed by atoms with Crippen LogP contribution >= 0.6 is 0 Å². The lowest BCUT2D eigenvalue weighted by molar-refractivity contribution is -0.137. The summed E-state index contributed by atoms with van der Waals surface area (Å²) in [7, 11) is 0. The second kappa shape index (κ2) is 9.14. The number of rotatable bonds is 6. The Morgan fingerprint density at radius 3 is 2.38 bits per heavy atom. The number of urea groups is 1. The number of nitrogens with one attached hydrogen (secondary N) is 2. The molecule has 0 aromatic heterocycles. The topological polar surface area (TPSA) is 50.4 Å². The Hall–Kier alpha value is -3.48. The zero-order valence-corrected chi connectivity index (χ0v) is 15.4. The predicted octanol–water partition coefficient (Wildman–Crippen LogP) is 5.86. The van der Waals surface area contributed by atoms with Gasteiger partial charge < -0.3 is 15.4 Å². The molecule has 2 N–H and O–H groups in total. The first-order valence-corrected chi connectivity index (χ1v) is 8.95. The third kappa shape index (κ3) is 6.00. The third-order valence-electron chi connectivity index (χ3n) is 4.06. The van der Waals surface area contributed by atoms with Crippen molar-refractivity contribution in [3.05, 3.63) is 90.0 Å². The lowest BCUT2D eigenvalue weighted by Gasteiger charge is -2.13. The summed E-state index contributed by atoms with van der Waals surface area (Å²) in [5, 5.41) is 5.34. The summed E-state index contributed by atoms with van der Waals surface area (Å²) >= 11 is 0. The molecular weight excluding hydrogens is 381 g/mol. The van der Waals surface area contributed by atoms with Crippen LogP contribution in [0.2, 0.25) is 0 Å². The predicted molar refractivity (Wildman–Crippen MR) is 105 cm³/mol. The van der Waals surface area contributed by atoms with Crippen molar-refractivity contribution in [2.75, 3.05) is 11.9 Å². The fourth-order valence-corrected chi connectivity index (χ4v) is 2.66. The maximum Gasteiger partial charge on any atom is 0.416 e. The molecule has 0 aliphatic carbocycles. The molecule has 150 valence electrons. The highest BCUT2D eigenvalue weighted by Crippen LogP contribution is 2.30. The molecule has 3 rings (SSSR count). The molecule has 0 spiro atoms. The molecule has 0 aliphatic rings. The number of benzene rings is 3. The van der Waals surface area contributed by atoms with Gasteiger partial charge in [-0.2, -0.15) is 13.2 Å². The summed E-state index contributed by atoms with van der Waals surface area (Å²) in [6.07, 6.45) is -4.11. The van der Waals surface area contributed by atoms with E-state index in [2.05, 4.69) is 10.6 Å². The van der Waals surface area contributed by atoms with Crippen LogP contribution in [0.25, 0.3) is 0 Å². The second-order valence-electron chi connectivity index (χ2n) is 6.24. The van der Waals surface area contributed by atoms with Crippen LogP contribution in [0.4, 0.5) is 23.7 Å². The molecule has 7 heteroatoms. The number of hydrogen-bond acceptors (Lipinski definition) is 2. The molecule has 0 heterocycles. The van der Waals surface area contributed by atoms with Gasteiger partial charge in [-0.05, 0) is 42.3 Å². The Bertz CT molecular complexity index is 960. The highest BCUT2D eigenvalue weighted by Gasteiger charge is 2.30. The number of amides is 2. The quantitative estimate of drug-likeness (QED) is 0.544. The van der Waals surface area contributed by atoms with Gasteiger partial charge in [-0.15, -0.1) is 0 Å². The first-order chi connectivity index (χ1) is 13.9. The van der Waals surface area contributed by atoms with Crippen LogP contribution < -0.4 is 15.4 Å². The summed E-state index contributed by atoms with van der Waals surface area (Å²) in [5.41, 5.74) is 0.271. The smallest absolute Gasteiger partial charge is 0.416 e. The van der Waals surface area contributed by atoms with E-state index < -0.39 is 17.8 Å². The van der Waals surface area contributed by atoms with Gasteiger partial charge in [-0.3, -0.25) is 0 Å². The average Bonchev–Trinajstić information content (AvgIpc) is 2.70. The van der Waals surface area contributed by atoms with Crippen molar-refractivity contribution in [3.63, 3.8) is 0 Å². The standard InChI is InChI=1S/C22H19F3N2O2/c23-22(24,25)17-8-6-7-16(15-17)13-14-26-21(28)27-19-11-4-5-12-20(19)29-18-9-2-1-3-10-18/h1-12,15H,13-14H2,(H2,26,27,28). The van der Waals surface area contributed by atoms with Crippen molar-refractivity contribution in [1.29, 1.82) is 0 Å². The molecule has 0 fully saturated rings. The summed E-state index contributed by atoms with van der Waals surface area (Å²) in [6.45, 7) is 0.189. The summed E-state index contributed by atoms with van der Waals surface area (Å²) in [4.78, 5) is 12.2. The Labute approximate surface area is 166 Å². The Morgan fingerprint density at radius 1 is 0.897 bits per heavy atom. The minimum Gasteiger partial charge on any atom is -0.455 e. The molecule has 4 nitrogen and oxygen atoms in total. The lowest BCUT2D eigenvalue weighted by Crippen LogP contribution is -2.30. The number of para-hydroxylation sites is 3. The van der Waals surface area contributed by atoms with Crippen molar-refractivity contribution >= 4 is 11.7 Å². The summed E-state index contributed by atoms with van der Waals surface area (Å²) < 4.78 is 44.1.